The van der Waals surface area contributed by atoms with Gasteiger partial charge < -0.3 is 25.2 Å². The number of hydrogen-bond acceptors (Lipinski definition) is 7. The molecule has 10 heteroatoms. The quantitative estimate of drug-likeness (QED) is 0.214. The molecule has 1 aromatic heterocycles. The third kappa shape index (κ3) is 25.6. The number of ether oxygens (including phenoxy) is 2. The van der Waals surface area contributed by atoms with Crippen molar-refractivity contribution in [3.05, 3.63) is 35.0 Å². The highest BCUT2D eigenvalue weighted by Gasteiger charge is 1.86. The van der Waals surface area contributed by atoms with Gasteiger partial charge in [-0.25, -0.2) is 15.9 Å². The molecule has 0 aliphatic rings. The molecule has 114 valence electrons. The molecule has 19 heavy (non-hydrogen) atoms. The van der Waals surface area contributed by atoms with Crippen molar-refractivity contribution in [2.75, 3.05) is 21.3 Å². The maximum Gasteiger partial charge on any atom is 0.333 e. The van der Waals surface area contributed by atoms with E-state index in [0.29, 0.717) is 0 Å². The molecule has 0 bridgehead atoms. The zero-order chi connectivity index (χ0) is 14.8. The molecule has 0 aliphatic carbocycles. The van der Waals surface area contributed by atoms with E-state index in [0.717, 1.165) is 7.11 Å². The lowest BCUT2D eigenvalue weighted by atomic mass is 10.6. The summed E-state index contributed by atoms with van der Waals surface area (Å²) < 4.78 is 8.68. The molecule has 1 heterocycles. The molecule has 0 aromatic carbocycles. The summed E-state index contributed by atoms with van der Waals surface area (Å²) in [5.41, 5.74) is 9.91. The minimum atomic E-state index is -0.410. The lowest BCUT2D eigenvalue weighted by Gasteiger charge is -1.87. The van der Waals surface area contributed by atoms with Crippen LogP contribution in [0, 0.1) is 11.1 Å². The average molecular weight is 282 g/mol. The molecule has 0 spiro atoms. The van der Waals surface area contributed by atoms with Crippen molar-refractivity contribution >= 4 is 5.97 Å². The van der Waals surface area contributed by atoms with Crippen molar-refractivity contribution in [1.82, 2.24) is 10.2 Å². The number of aliphatic hydroxyl groups is 1. The molecule has 1 aromatic rings. The summed E-state index contributed by atoms with van der Waals surface area (Å²) in [7, 11) is 3.77. The molecule has 0 fully saturated rings. The minimum Gasteiger partial charge on any atom is -0.504 e. The third-order valence-electron chi connectivity index (χ3n) is 1.05. The SMILES string of the molecule is CO.CO/C=C/C(=O)OC.N=N.O.O=c1cc[nH][nH]1.[HH]. The van der Waals surface area contributed by atoms with E-state index in [1.165, 1.54) is 32.6 Å². The highest BCUT2D eigenvalue weighted by atomic mass is 16.5. The first-order valence-electron chi connectivity index (χ1n) is 4.39. The molecule has 7 N–H and O–H groups in total. The summed E-state index contributed by atoms with van der Waals surface area (Å²) >= 11 is 0. The number of carbonyl (C=O) groups is 1. The van der Waals surface area contributed by atoms with Gasteiger partial charge in [-0.2, -0.15) is 0 Å². The normalized spacial score (nSPS) is 7.16. The van der Waals surface area contributed by atoms with Crippen molar-refractivity contribution in [2.24, 2.45) is 0 Å². The number of hydrogen-bond donors (Lipinski definition) is 5. The van der Waals surface area contributed by atoms with Crippen molar-refractivity contribution in [2.45, 2.75) is 0 Å². The first kappa shape index (κ1) is 25.4. The molecular weight excluding hydrogens is 260 g/mol. The Kier molecular flexibility index (Phi) is 33.0. The van der Waals surface area contributed by atoms with Crippen LogP contribution in [0.15, 0.2) is 29.4 Å². The van der Waals surface area contributed by atoms with Crippen LogP contribution in [0.3, 0.4) is 0 Å². The first-order valence-corrected chi connectivity index (χ1v) is 4.39. The average Bonchev–Trinajstić information content (AvgIpc) is 2.92. The summed E-state index contributed by atoms with van der Waals surface area (Å²) in [5.74, 6) is -0.410. The second-order valence-corrected chi connectivity index (χ2v) is 2.03. The van der Waals surface area contributed by atoms with Gasteiger partial charge in [0.05, 0.1) is 26.6 Å². The summed E-state index contributed by atoms with van der Waals surface area (Å²) in [6.45, 7) is 0. The molecule has 1 rings (SSSR count). The van der Waals surface area contributed by atoms with Crippen LogP contribution in [-0.2, 0) is 14.3 Å². The fourth-order valence-electron chi connectivity index (χ4n) is 0.463. The number of methoxy groups -OCH3 is 2. The van der Waals surface area contributed by atoms with E-state index < -0.39 is 5.97 Å². The van der Waals surface area contributed by atoms with Crippen LogP contribution in [-0.4, -0.2) is 48.1 Å². The summed E-state index contributed by atoms with van der Waals surface area (Å²) in [6, 6.07) is 1.42. The van der Waals surface area contributed by atoms with Gasteiger partial charge in [-0.05, 0) is 0 Å². The van der Waals surface area contributed by atoms with E-state index in [-0.39, 0.29) is 12.5 Å². The van der Waals surface area contributed by atoms with Crippen LogP contribution in [0.4, 0.5) is 0 Å². The van der Waals surface area contributed by atoms with E-state index in [1.54, 1.807) is 6.20 Å². The zero-order valence-corrected chi connectivity index (χ0v) is 10.9. The van der Waals surface area contributed by atoms with E-state index in [1.807, 2.05) is 0 Å². The maximum absolute atomic E-state index is 10.2. The monoisotopic (exact) mass is 282 g/mol. The molecule has 0 atom stereocenters. The van der Waals surface area contributed by atoms with Gasteiger partial charge in [-0.1, -0.05) is 0 Å². The van der Waals surface area contributed by atoms with Crippen LogP contribution in [0.5, 0.6) is 0 Å². The second kappa shape index (κ2) is 24.7. The van der Waals surface area contributed by atoms with Gasteiger partial charge in [0.2, 0.25) is 0 Å². The number of aromatic nitrogens is 2. The standard InChI is InChI=1S/C5H8O3.C3H4N2O.CH4O.H2N2.H2O.H2/c1-7-4-3-5(6)8-2;6-3-1-2-4-5-3;2*1-2;;/h3-4H,1-2H3;1-2H,(H2,4,5,6);2H,1H3;1-2H;1H2;1H/b4-3+;;;;;. The number of aromatic amines is 2. The van der Waals surface area contributed by atoms with Gasteiger partial charge in [-0.15, -0.1) is 0 Å². The Morgan fingerprint density at radius 1 is 1.42 bits per heavy atom. The zero-order valence-electron chi connectivity index (χ0n) is 10.9. The number of rotatable bonds is 2. The number of esters is 1. The van der Waals surface area contributed by atoms with Crippen molar-refractivity contribution in [1.29, 1.82) is 11.1 Å². The third-order valence-corrected chi connectivity index (χ3v) is 1.05. The molecule has 10 nitrogen and oxygen atoms in total. The number of nitrogens with one attached hydrogen (secondary N) is 4. The van der Waals surface area contributed by atoms with Crippen molar-refractivity contribution in [3.8, 4) is 0 Å². The van der Waals surface area contributed by atoms with Gasteiger partial charge in [0.25, 0.3) is 5.56 Å². The molecule has 0 saturated heterocycles. The Balaban J connectivity index is -0.0000000562. The summed E-state index contributed by atoms with van der Waals surface area (Å²) in [4.78, 5) is 20.2. The summed E-state index contributed by atoms with van der Waals surface area (Å²) in [6.07, 6.45) is 3.99. The van der Waals surface area contributed by atoms with Crippen LogP contribution in [0.25, 0.3) is 0 Å². The maximum atomic E-state index is 10.2. The van der Waals surface area contributed by atoms with Crippen LogP contribution in [0.2, 0.25) is 0 Å². The molecular formula is C9H22N4O6. The molecule has 0 saturated carbocycles. The van der Waals surface area contributed by atoms with Crippen LogP contribution >= 0.6 is 0 Å². The largest absolute Gasteiger partial charge is 0.504 e. The van der Waals surface area contributed by atoms with Crippen molar-refractivity contribution < 1.29 is 26.3 Å². The Bertz CT molecular complexity index is 337. The number of H-pyrrole nitrogens is 2. The Morgan fingerprint density at radius 2 is 1.95 bits per heavy atom. The number of aliphatic hydroxyl groups excluding tert-OH is 1. The van der Waals surface area contributed by atoms with Crippen LogP contribution < -0.4 is 5.56 Å². The fourth-order valence-corrected chi connectivity index (χ4v) is 0.463. The lowest BCUT2D eigenvalue weighted by Crippen LogP contribution is -1.93. The van der Waals surface area contributed by atoms with Crippen LogP contribution in [0.1, 0.15) is 1.43 Å². The Labute approximate surface area is 111 Å². The first-order chi connectivity index (χ1) is 8.70. The van der Waals surface area contributed by atoms with E-state index in [9.17, 15) is 9.59 Å². The highest BCUT2D eigenvalue weighted by molar-refractivity contribution is 5.81. The van der Waals surface area contributed by atoms with Gasteiger partial charge in [0.1, 0.15) is 0 Å². The highest BCUT2D eigenvalue weighted by Crippen LogP contribution is 1.76. The van der Waals surface area contributed by atoms with Crippen molar-refractivity contribution in [3.63, 3.8) is 0 Å². The Hall–Kier alpha value is -2.46. The minimum absolute atomic E-state index is 0. The van der Waals surface area contributed by atoms with E-state index in [4.69, 9.17) is 16.2 Å². The number of carbonyl (C=O) groups excluding carboxylic acids is 1. The van der Waals surface area contributed by atoms with Gasteiger partial charge in [0, 0.05) is 20.8 Å². The molecule has 0 radical (unpaired) electrons. The van der Waals surface area contributed by atoms with Gasteiger partial charge in [0.15, 0.2) is 0 Å². The molecule has 0 aliphatic heterocycles. The molecule has 0 unspecified atom stereocenters. The Morgan fingerprint density at radius 3 is 2.16 bits per heavy atom. The smallest absolute Gasteiger partial charge is 0.333 e. The van der Waals surface area contributed by atoms with Gasteiger partial charge in [-0.3, -0.25) is 9.89 Å². The second-order valence-electron chi connectivity index (χ2n) is 2.03. The topological polar surface area (TPSA) is 184 Å². The molecule has 0 amide bonds. The van der Waals surface area contributed by atoms with E-state index >= 15 is 0 Å². The lowest BCUT2D eigenvalue weighted by molar-refractivity contribution is -0.134. The van der Waals surface area contributed by atoms with Gasteiger partial charge >= 0.3 is 5.97 Å². The predicted molar refractivity (Wildman–Crippen MR) is 68.9 cm³/mol. The van der Waals surface area contributed by atoms with E-state index in [2.05, 4.69) is 19.7 Å². The fraction of sp³-hybridized carbons (Fsp3) is 0.333. The predicted octanol–water partition coefficient (Wildman–Crippen LogP) is -0.352. The summed E-state index contributed by atoms with van der Waals surface area (Å²) in [5, 5.41) is 11.8.